The zero-order valence-electron chi connectivity index (χ0n) is 13.9. The average molecular weight is 306 g/mol. The second-order valence-electron chi connectivity index (χ2n) is 7.09. The summed E-state index contributed by atoms with van der Waals surface area (Å²) in [6.45, 7) is 7.49. The Hall–Kier alpha value is -1.78. The Morgan fingerprint density at radius 2 is 1.86 bits per heavy atom. The van der Waals surface area contributed by atoms with Gasteiger partial charge in [0.1, 0.15) is 5.60 Å². The highest BCUT2D eigenvalue weighted by atomic mass is 16.6. The van der Waals surface area contributed by atoms with Crippen molar-refractivity contribution in [2.75, 3.05) is 0 Å². The highest BCUT2D eigenvalue weighted by Gasteiger charge is 2.29. The number of carbonyl (C=O) groups excluding carboxylic acids is 2. The van der Waals surface area contributed by atoms with E-state index in [9.17, 15) is 9.59 Å². The lowest BCUT2D eigenvalue weighted by atomic mass is 9.82. The molecule has 5 nitrogen and oxygen atoms in total. The molecule has 0 radical (unpaired) electrons. The summed E-state index contributed by atoms with van der Waals surface area (Å²) in [6.07, 6.45) is 4.67. The van der Waals surface area contributed by atoms with Crippen LogP contribution in [0.3, 0.4) is 0 Å². The number of hydrogen-bond donors (Lipinski definition) is 2. The van der Waals surface area contributed by atoms with Crippen molar-refractivity contribution in [1.82, 2.24) is 10.3 Å². The number of nitrogens with one attached hydrogen (secondary N) is 2. The lowest BCUT2D eigenvalue weighted by Crippen LogP contribution is -2.41. The van der Waals surface area contributed by atoms with Gasteiger partial charge in [-0.1, -0.05) is 0 Å². The molecule has 0 bridgehead atoms. The van der Waals surface area contributed by atoms with E-state index in [0.29, 0.717) is 0 Å². The van der Waals surface area contributed by atoms with Crippen LogP contribution in [0.2, 0.25) is 0 Å². The number of Topliss-reactive ketones (excluding diaryl/α,β-unsaturated/α-hetero) is 1. The fraction of sp³-hybridized carbons (Fsp3) is 0.647. The predicted molar refractivity (Wildman–Crippen MR) is 85.0 cm³/mol. The van der Waals surface area contributed by atoms with Gasteiger partial charge in [-0.3, -0.25) is 4.79 Å². The molecule has 0 atom stereocenters. The third-order valence-electron chi connectivity index (χ3n) is 4.02. The molecule has 5 heteroatoms. The second-order valence-corrected chi connectivity index (χ2v) is 7.09. The van der Waals surface area contributed by atoms with Crippen LogP contribution in [-0.2, 0) is 4.74 Å². The number of aromatic amines is 1. The molecule has 1 aliphatic rings. The molecule has 0 spiro atoms. The third kappa shape index (κ3) is 4.36. The molecule has 1 aliphatic carbocycles. The Bertz CT molecular complexity index is 534. The van der Waals surface area contributed by atoms with Crippen LogP contribution in [0.15, 0.2) is 12.3 Å². The molecule has 0 aliphatic heterocycles. The number of ketones is 1. The standard InChI is InChI=1S/C17H26N2O3/c1-11-9-10-18-14(11)15(20)12-5-7-13(8-6-12)19-16(21)22-17(2,3)4/h9-10,12-13,18H,5-8H2,1-4H3,(H,19,21). The summed E-state index contributed by atoms with van der Waals surface area (Å²) in [6, 6.07) is 2.02. The molecule has 0 saturated heterocycles. The number of rotatable bonds is 3. The zero-order valence-corrected chi connectivity index (χ0v) is 13.9. The van der Waals surface area contributed by atoms with Crippen LogP contribution in [0, 0.1) is 12.8 Å². The molecule has 0 unspecified atom stereocenters. The van der Waals surface area contributed by atoms with Gasteiger partial charge in [-0.05, 0) is 65.0 Å². The van der Waals surface area contributed by atoms with Gasteiger partial charge in [0.2, 0.25) is 0 Å². The molecule has 1 heterocycles. The maximum atomic E-state index is 12.5. The molecule has 0 aromatic carbocycles. The predicted octanol–water partition coefficient (Wildman–Crippen LogP) is 3.59. The fourth-order valence-electron chi connectivity index (χ4n) is 2.89. The van der Waals surface area contributed by atoms with Crippen molar-refractivity contribution in [3.63, 3.8) is 0 Å². The first-order valence-electron chi connectivity index (χ1n) is 7.94. The quantitative estimate of drug-likeness (QED) is 0.838. The molecular weight excluding hydrogens is 280 g/mol. The van der Waals surface area contributed by atoms with Crippen molar-refractivity contribution in [3.8, 4) is 0 Å². The monoisotopic (exact) mass is 306 g/mol. The number of carbonyl (C=O) groups is 2. The van der Waals surface area contributed by atoms with E-state index in [4.69, 9.17) is 4.74 Å². The molecule has 1 aromatic rings. The zero-order chi connectivity index (χ0) is 16.3. The topological polar surface area (TPSA) is 71.2 Å². The van der Waals surface area contributed by atoms with E-state index >= 15 is 0 Å². The first-order valence-corrected chi connectivity index (χ1v) is 7.94. The Morgan fingerprint density at radius 1 is 1.23 bits per heavy atom. The minimum Gasteiger partial charge on any atom is -0.444 e. The largest absolute Gasteiger partial charge is 0.444 e. The van der Waals surface area contributed by atoms with E-state index in [-0.39, 0.29) is 23.8 Å². The summed E-state index contributed by atoms with van der Waals surface area (Å²) < 4.78 is 5.27. The van der Waals surface area contributed by atoms with Gasteiger partial charge in [0, 0.05) is 18.2 Å². The van der Waals surface area contributed by atoms with E-state index in [2.05, 4.69) is 10.3 Å². The van der Waals surface area contributed by atoms with Crippen molar-refractivity contribution in [1.29, 1.82) is 0 Å². The number of H-pyrrole nitrogens is 1. The molecule has 1 saturated carbocycles. The minimum atomic E-state index is -0.484. The summed E-state index contributed by atoms with van der Waals surface area (Å²) >= 11 is 0. The van der Waals surface area contributed by atoms with Gasteiger partial charge in [-0.25, -0.2) is 4.79 Å². The van der Waals surface area contributed by atoms with E-state index in [1.54, 1.807) is 6.20 Å². The number of ether oxygens (including phenoxy) is 1. The molecule has 2 rings (SSSR count). The number of hydrogen-bond acceptors (Lipinski definition) is 3. The van der Waals surface area contributed by atoms with Crippen molar-refractivity contribution < 1.29 is 14.3 Å². The van der Waals surface area contributed by atoms with Crippen LogP contribution in [0.5, 0.6) is 0 Å². The number of aryl methyl sites for hydroxylation is 1. The van der Waals surface area contributed by atoms with Crippen molar-refractivity contribution >= 4 is 11.9 Å². The van der Waals surface area contributed by atoms with Crippen LogP contribution >= 0.6 is 0 Å². The minimum absolute atomic E-state index is 0.0500. The van der Waals surface area contributed by atoms with Gasteiger partial charge in [-0.15, -0.1) is 0 Å². The molecule has 122 valence electrons. The Labute approximate surface area is 131 Å². The normalized spacial score (nSPS) is 22.2. The van der Waals surface area contributed by atoms with E-state index < -0.39 is 5.60 Å². The van der Waals surface area contributed by atoms with Gasteiger partial charge in [0.25, 0.3) is 0 Å². The van der Waals surface area contributed by atoms with Crippen LogP contribution in [0.4, 0.5) is 4.79 Å². The molecular formula is C17H26N2O3. The Morgan fingerprint density at radius 3 is 2.36 bits per heavy atom. The van der Waals surface area contributed by atoms with Crippen molar-refractivity contribution in [2.45, 2.75) is 65.0 Å². The van der Waals surface area contributed by atoms with Gasteiger partial charge >= 0.3 is 6.09 Å². The maximum absolute atomic E-state index is 12.5. The lowest BCUT2D eigenvalue weighted by Gasteiger charge is -2.29. The molecule has 1 fully saturated rings. The Balaban J connectivity index is 1.82. The highest BCUT2D eigenvalue weighted by Crippen LogP contribution is 2.28. The molecule has 1 amide bonds. The SMILES string of the molecule is Cc1cc[nH]c1C(=O)C1CCC(NC(=O)OC(C)(C)C)CC1. The van der Waals surface area contributed by atoms with Crippen LogP contribution in [0.1, 0.15) is 62.5 Å². The van der Waals surface area contributed by atoms with Gasteiger partial charge in [0.15, 0.2) is 5.78 Å². The summed E-state index contributed by atoms with van der Waals surface area (Å²) in [5, 5.41) is 2.90. The number of aromatic nitrogens is 1. The van der Waals surface area contributed by atoms with Crippen LogP contribution in [-0.4, -0.2) is 28.5 Å². The summed E-state index contributed by atoms with van der Waals surface area (Å²) in [4.78, 5) is 27.3. The van der Waals surface area contributed by atoms with Crippen LogP contribution in [0.25, 0.3) is 0 Å². The maximum Gasteiger partial charge on any atom is 0.407 e. The molecule has 22 heavy (non-hydrogen) atoms. The molecule has 2 N–H and O–H groups in total. The lowest BCUT2D eigenvalue weighted by molar-refractivity contribution is 0.0487. The van der Waals surface area contributed by atoms with Gasteiger partial charge in [0.05, 0.1) is 5.69 Å². The van der Waals surface area contributed by atoms with E-state index in [1.165, 1.54) is 0 Å². The van der Waals surface area contributed by atoms with Gasteiger partial charge < -0.3 is 15.0 Å². The van der Waals surface area contributed by atoms with Crippen LogP contribution < -0.4 is 5.32 Å². The third-order valence-corrected chi connectivity index (χ3v) is 4.02. The highest BCUT2D eigenvalue weighted by molar-refractivity contribution is 5.97. The second kappa shape index (κ2) is 6.55. The summed E-state index contributed by atoms with van der Waals surface area (Å²) in [5.74, 6) is 0.243. The van der Waals surface area contributed by atoms with Crippen molar-refractivity contribution in [2.24, 2.45) is 5.92 Å². The smallest absolute Gasteiger partial charge is 0.407 e. The summed E-state index contributed by atoms with van der Waals surface area (Å²) in [7, 11) is 0. The van der Waals surface area contributed by atoms with E-state index in [0.717, 1.165) is 36.9 Å². The summed E-state index contributed by atoms with van der Waals surface area (Å²) in [5.41, 5.74) is 1.24. The average Bonchev–Trinajstić information content (AvgIpc) is 2.83. The Kier molecular flexibility index (Phi) is 4.94. The first kappa shape index (κ1) is 16.6. The van der Waals surface area contributed by atoms with Crippen molar-refractivity contribution in [3.05, 3.63) is 23.5 Å². The molecule has 1 aromatic heterocycles. The van der Waals surface area contributed by atoms with Gasteiger partial charge in [-0.2, -0.15) is 0 Å². The van der Waals surface area contributed by atoms with E-state index in [1.807, 2.05) is 33.8 Å². The fourth-order valence-corrected chi connectivity index (χ4v) is 2.89. The number of alkyl carbamates (subject to hydrolysis) is 1. The number of amides is 1. The first-order chi connectivity index (χ1) is 10.3.